The third kappa shape index (κ3) is 3.54. The molecule has 5 heteroatoms. The first-order valence-corrected chi connectivity index (χ1v) is 6.32. The molecule has 1 saturated heterocycles. The van der Waals surface area contributed by atoms with Crippen molar-refractivity contribution in [2.45, 2.75) is 6.92 Å². The Bertz CT molecular complexity index is 455. The van der Waals surface area contributed by atoms with Crippen molar-refractivity contribution in [1.29, 1.82) is 0 Å². The summed E-state index contributed by atoms with van der Waals surface area (Å²) in [4.78, 5) is 25.1. The van der Waals surface area contributed by atoms with Crippen LogP contribution in [0.5, 0.6) is 5.75 Å². The highest BCUT2D eigenvalue weighted by Crippen LogP contribution is 2.13. The fraction of sp³-hybridized carbons (Fsp3) is 0.429. The number of nitrogens with zero attached hydrogens (tertiary/aromatic N) is 1. The predicted octanol–water partition coefficient (Wildman–Crippen LogP) is 1.13. The van der Waals surface area contributed by atoms with E-state index in [-0.39, 0.29) is 24.8 Å². The zero-order valence-corrected chi connectivity index (χ0v) is 10.9. The Morgan fingerprint density at radius 3 is 2.74 bits per heavy atom. The molecule has 102 valence electrons. The number of hydrogen-bond acceptors (Lipinski definition) is 4. The van der Waals surface area contributed by atoms with Crippen molar-refractivity contribution in [1.82, 2.24) is 4.90 Å². The van der Waals surface area contributed by atoms with Crippen molar-refractivity contribution >= 4 is 11.7 Å². The number of hydrogen-bond donors (Lipinski definition) is 0. The van der Waals surface area contributed by atoms with E-state index in [1.807, 2.05) is 6.92 Å². The van der Waals surface area contributed by atoms with Crippen LogP contribution in [0.2, 0.25) is 0 Å². The number of benzene rings is 1. The van der Waals surface area contributed by atoms with Gasteiger partial charge in [-0.1, -0.05) is 0 Å². The maximum Gasteiger partial charge on any atom is 0.249 e. The second-order valence-corrected chi connectivity index (χ2v) is 4.25. The average molecular weight is 263 g/mol. The second-order valence-electron chi connectivity index (χ2n) is 4.25. The maximum absolute atomic E-state index is 12.1. The Balaban J connectivity index is 1.97. The molecule has 1 aliphatic rings. The van der Waals surface area contributed by atoms with Crippen LogP contribution in [0.25, 0.3) is 0 Å². The van der Waals surface area contributed by atoms with Crippen molar-refractivity contribution in [3.8, 4) is 5.75 Å². The van der Waals surface area contributed by atoms with Crippen molar-refractivity contribution in [3.05, 3.63) is 29.8 Å². The molecule has 0 N–H and O–H groups in total. The van der Waals surface area contributed by atoms with Crippen LogP contribution in [-0.4, -0.2) is 49.5 Å². The lowest BCUT2D eigenvalue weighted by molar-refractivity contribution is -0.141. The zero-order chi connectivity index (χ0) is 13.7. The largest absolute Gasteiger partial charge is 0.494 e. The Morgan fingerprint density at radius 2 is 2.11 bits per heavy atom. The molecule has 1 amide bonds. The van der Waals surface area contributed by atoms with Gasteiger partial charge >= 0.3 is 0 Å². The molecule has 1 aliphatic heterocycles. The molecule has 0 aromatic heterocycles. The lowest BCUT2D eigenvalue weighted by Crippen LogP contribution is -2.44. The van der Waals surface area contributed by atoms with Crippen LogP contribution in [0.3, 0.4) is 0 Å². The molecule has 0 saturated carbocycles. The normalized spacial score (nSPS) is 15.4. The fourth-order valence-corrected chi connectivity index (χ4v) is 1.89. The van der Waals surface area contributed by atoms with Crippen LogP contribution in [0, 0.1) is 0 Å². The quantitative estimate of drug-likeness (QED) is 0.747. The van der Waals surface area contributed by atoms with Gasteiger partial charge in [-0.05, 0) is 31.2 Å². The average Bonchev–Trinajstić information content (AvgIpc) is 2.42. The SMILES string of the molecule is CCOc1ccc(C(=O)CN2CCOCC2=O)cc1. The summed E-state index contributed by atoms with van der Waals surface area (Å²) in [6.07, 6.45) is 0. The van der Waals surface area contributed by atoms with Crippen LogP contribution in [-0.2, 0) is 9.53 Å². The third-order valence-corrected chi connectivity index (χ3v) is 2.91. The van der Waals surface area contributed by atoms with Crippen molar-refractivity contribution in [2.75, 3.05) is 32.9 Å². The van der Waals surface area contributed by atoms with Gasteiger partial charge in [0.1, 0.15) is 12.4 Å². The summed E-state index contributed by atoms with van der Waals surface area (Å²) in [6.45, 7) is 3.63. The van der Waals surface area contributed by atoms with Gasteiger partial charge < -0.3 is 14.4 Å². The summed E-state index contributed by atoms with van der Waals surface area (Å²) in [5.74, 6) is 0.533. The van der Waals surface area contributed by atoms with Crippen molar-refractivity contribution < 1.29 is 19.1 Å². The van der Waals surface area contributed by atoms with Gasteiger partial charge in [0.2, 0.25) is 5.91 Å². The molecular formula is C14H17NO4. The van der Waals surface area contributed by atoms with Gasteiger partial charge in [0.25, 0.3) is 0 Å². The highest BCUT2D eigenvalue weighted by molar-refractivity contribution is 5.99. The minimum Gasteiger partial charge on any atom is -0.494 e. The van der Waals surface area contributed by atoms with E-state index in [0.29, 0.717) is 25.3 Å². The summed E-state index contributed by atoms with van der Waals surface area (Å²) in [5, 5.41) is 0. The first-order valence-electron chi connectivity index (χ1n) is 6.32. The number of ether oxygens (including phenoxy) is 2. The number of carbonyl (C=O) groups is 2. The fourth-order valence-electron chi connectivity index (χ4n) is 1.89. The van der Waals surface area contributed by atoms with E-state index < -0.39 is 0 Å². The van der Waals surface area contributed by atoms with Crippen molar-refractivity contribution in [2.24, 2.45) is 0 Å². The molecule has 0 bridgehead atoms. The second kappa shape index (κ2) is 6.33. The van der Waals surface area contributed by atoms with Gasteiger partial charge in [-0.3, -0.25) is 9.59 Å². The lowest BCUT2D eigenvalue weighted by atomic mass is 10.1. The van der Waals surface area contributed by atoms with Crippen LogP contribution in [0.1, 0.15) is 17.3 Å². The maximum atomic E-state index is 12.1. The molecular weight excluding hydrogens is 246 g/mol. The molecule has 1 aromatic rings. The Labute approximate surface area is 112 Å². The summed E-state index contributed by atoms with van der Waals surface area (Å²) < 4.78 is 10.3. The number of amides is 1. The molecule has 1 aromatic carbocycles. The van der Waals surface area contributed by atoms with Crippen molar-refractivity contribution in [3.63, 3.8) is 0 Å². The molecule has 1 fully saturated rings. The van der Waals surface area contributed by atoms with Gasteiger partial charge in [0.05, 0.1) is 19.8 Å². The van der Waals surface area contributed by atoms with Gasteiger partial charge in [-0.2, -0.15) is 0 Å². The van der Waals surface area contributed by atoms with Crippen LogP contribution in [0.4, 0.5) is 0 Å². The molecule has 0 radical (unpaired) electrons. The topological polar surface area (TPSA) is 55.8 Å². The Hall–Kier alpha value is -1.88. The summed E-state index contributed by atoms with van der Waals surface area (Å²) in [5.41, 5.74) is 0.586. The van der Waals surface area contributed by atoms with E-state index in [4.69, 9.17) is 9.47 Å². The molecule has 19 heavy (non-hydrogen) atoms. The van der Waals surface area contributed by atoms with E-state index in [0.717, 1.165) is 5.75 Å². The molecule has 0 spiro atoms. The van der Waals surface area contributed by atoms with E-state index in [2.05, 4.69) is 0 Å². The van der Waals surface area contributed by atoms with Crippen LogP contribution in [0.15, 0.2) is 24.3 Å². The summed E-state index contributed by atoms with van der Waals surface area (Å²) >= 11 is 0. The first-order chi connectivity index (χ1) is 9.20. The standard InChI is InChI=1S/C14H17NO4/c1-2-19-12-5-3-11(4-6-12)13(16)9-15-7-8-18-10-14(15)17/h3-6H,2,7-10H2,1H3. The molecule has 1 heterocycles. The van der Waals surface area contributed by atoms with Gasteiger partial charge in [-0.25, -0.2) is 0 Å². The van der Waals surface area contributed by atoms with Crippen LogP contribution >= 0.6 is 0 Å². The first kappa shape index (κ1) is 13.5. The number of carbonyl (C=O) groups excluding carboxylic acids is 2. The van der Waals surface area contributed by atoms with E-state index >= 15 is 0 Å². The number of Topliss-reactive ketones (excluding diaryl/α,β-unsaturated/α-hetero) is 1. The number of morpholine rings is 1. The number of rotatable bonds is 5. The molecule has 0 aliphatic carbocycles. The minimum atomic E-state index is -0.134. The van der Waals surface area contributed by atoms with Crippen LogP contribution < -0.4 is 4.74 Å². The summed E-state index contributed by atoms with van der Waals surface area (Å²) in [6, 6.07) is 6.96. The van der Waals surface area contributed by atoms with Gasteiger partial charge in [0, 0.05) is 12.1 Å². The smallest absolute Gasteiger partial charge is 0.249 e. The molecule has 0 unspecified atom stereocenters. The summed E-state index contributed by atoms with van der Waals surface area (Å²) in [7, 11) is 0. The molecule has 2 rings (SSSR count). The highest BCUT2D eigenvalue weighted by atomic mass is 16.5. The Kier molecular flexibility index (Phi) is 4.52. The monoisotopic (exact) mass is 263 g/mol. The minimum absolute atomic E-state index is 0.0660. The van der Waals surface area contributed by atoms with Gasteiger partial charge in [0.15, 0.2) is 5.78 Å². The van der Waals surface area contributed by atoms with E-state index in [9.17, 15) is 9.59 Å². The predicted molar refractivity (Wildman–Crippen MR) is 69.3 cm³/mol. The van der Waals surface area contributed by atoms with Gasteiger partial charge in [-0.15, -0.1) is 0 Å². The lowest BCUT2D eigenvalue weighted by Gasteiger charge is -2.26. The zero-order valence-electron chi connectivity index (χ0n) is 10.9. The third-order valence-electron chi connectivity index (χ3n) is 2.91. The van der Waals surface area contributed by atoms with E-state index in [1.54, 1.807) is 24.3 Å². The molecule has 5 nitrogen and oxygen atoms in total. The number of ketones is 1. The van der Waals surface area contributed by atoms with E-state index in [1.165, 1.54) is 4.90 Å². The molecule has 0 atom stereocenters. The Morgan fingerprint density at radius 1 is 1.37 bits per heavy atom. The highest BCUT2D eigenvalue weighted by Gasteiger charge is 2.21.